The van der Waals surface area contributed by atoms with Crippen LogP contribution in [-0.2, 0) is 27.7 Å². The molecule has 0 bridgehead atoms. The number of aromatic nitrogens is 2. The molecule has 2 fully saturated rings. The molecule has 1 amide bonds. The number of unbranched alkanes of at least 4 members (excludes halogenated alkanes) is 1. The molecular formula is C17H28N4O3S. The van der Waals surface area contributed by atoms with Crippen molar-refractivity contribution in [3.8, 4) is 0 Å². The fourth-order valence-corrected chi connectivity index (χ4v) is 5.98. The lowest BCUT2D eigenvalue weighted by molar-refractivity contribution is -0.137. The lowest BCUT2D eigenvalue weighted by Gasteiger charge is -2.43. The van der Waals surface area contributed by atoms with Crippen LogP contribution in [0.4, 0.5) is 0 Å². The van der Waals surface area contributed by atoms with Crippen molar-refractivity contribution >= 4 is 15.7 Å². The number of aryl methyl sites for hydroxylation is 1. The van der Waals surface area contributed by atoms with E-state index in [1.165, 1.54) is 0 Å². The third-order valence-electron chi connectivity index (χ3n) is 5.34. The first kappa shape index (κ1) is 18.4. The Hall–Kier alpha value is -1.41. The summed E-state index contributed by atoms with van der Waals surface area (Å²) in [6, 6.07) is -0.334. The Morgan fingerprint density at radius 1 is 1.24 bits per heavy atom. The topological polar surface area (TPSA) is 75.5 Å². The van der Waals surface area contributed by atoms with Crippen LogP contribution >= 0.6 is 0 Å². The predicted octanol–water partition coefficient (Wildman–Crippen LogP) is 0.903. The summed E-state index contributed by atoms with van der Waals surface area (Å²) in [5.41, 5.74) is 0. The first-order valence-corrected chi connectivity index (χ1v) is 11.0. The highest BCUT2D eigenvalue weighted by atomic mass is 32.2. The van der Waals surface area contributed by atoms with Crippen molar-refractivity contribution in [2.75, 3.05) is 24.6 Å². The van der Waals surface area contributed by atoms with Crippen molar-refractivity contribution in [2.24, 2.45) is 0 Å². The number of carbonyl (C=O) groups is 1. The van der Waals surface area contributed by atoms with Crippen LogP contribution in [0.2, 0.25) is 0 Å². The molecule has 0 aromatic carbocycles. The van der Waals surface area contributed by atoms with E-state index in [1.54, 1.807) is 6.20 Å². The highest BCUT2D eigenvalue weighted by Gasteiger charge is 2.47. The second-order valence-corrected chi connectivity index (χ2v) is 9.16. The zero-order valence-corrected chi connectivity index (χ0v) is 15.9. The third-order valence-corrected chi connectivity index (χ3v) is 7.04. The monoisotopic (exact) mass is 368 g/mol. The molecule has 1 aromatic rings. The smallest absolute Gasteiger partial charge is 0.222 e. The molecule has 7 nitrogen and oxygen atoms in total. The average Bonchev–Trinajstić information content (AvgIpc) is 3.15. The zero-order valence-electron chi connectivity index (χ0n) is 15.1. The van der Waals surface area contributed by atoms with Gasteiger partial charge in [-0.3, -0.25) is 9.69 Å². The van der Waals surface area contributed by atoms with Gasteiger partial charge in [0.1, 0.15) is 5.82 Å². The Kier molecular flexibility index (Phi) is 5.48. The van der Waals surface area contributed by atoms with E-state index in [-0.39, 0.29) is 29.5 Å². The summed E-state index contributed by atoms with van der Waals surface area (Å²) < 4.78 is 26.6. The molecule has 2 aliphatic rings. The number of carbonyl (C=O) groups excluding carboxylic acids is 1. The van der Waals surface area contributed by atoms with Crippen molar-refractivity contribution in [1.29, 1.82) is 0 Å². The van der Waals surface area contributed by atoms with Crippen LogP contribution in [0.3, 0.4) is 0 Å². The van der Waals surface area contributed by atoms with Gasteiger partial charge in [-0.2, -0.15) is 0 Å². The molecule has 0 aliphatic carbocycles. The van der Waals surface area contributed by atoms with E-state index in [0.717, 1.165) is 25.2 Å². The predicted molar refractivity (Wildman–Crippen MR) is 95.8 cm³/mol. The Labute approximate surface area is 149 Å². The molecule has 0 N–H and O–H groups in total. The normalized spacial score (nSPS) is 25.9. The molecule has 3 heterocycles. The highest BCUT2D eigenvalue weighted by Crippen LogP contribution is 2.28. The number of amides is 1. The minimum Gasteiger partial charge on any atom is -0.336 e. The quantitative estimate of drug-likeness (QED) is 0.746. The van der Waals surface area contributed by atoms with Crippen molar-refractivity contribution in [3.63, 3.8) is 0 Å². The number of sulfone groups is 1. The summed E-state index contributed by atoms with van der Waals surface area (Å²) >= 11 is 0. The van der Waals surface area contributed by atoms with E-state index < -0.39 is 9.84 Å². The van der Waals surface area contributed by atoms with E-state index in [9.17, 15) is 13.2 Å². The molecule has 140 valence electrons. The number of rotatable bonds is 6. The zero-order chi connectivity index (χ0) is 18.0. The maximum absolute atomic E-state index is 12.5. The van der Waals surface area contributed by atoms with Gasteiger partial charge in [0.15, 0.2) is 9.84 Å². The average molecular weight is 369 g/mol. The molecule has 25 heavy (non-hydrogen) atoms. The van der Waals surface area contributed by atoms with Crippen molar-refractivity contribution in [1.82, 2.24) is 19.4 Å². The first-order chi connectivity index (χ1) is 11.9. The van der Waals surface area contributed by atoms with E-state index >= 15 is 0 Å². The highest BCUT2D eigenvalue weighted by molar-refractivity contribution is 7.91. The van der Waals surface area contributed by atoms with Crippen molar-refractivity contribution in [3.05, 3.63) is 18.2 Å². The standard InChI is InChI=1S/C17H28N4O3S/c1-3-5-6-17(22)21-10-9-20(11-16-18-7-8-19(16)4-2)14-12-25(23,24)13-15(14)21/h7-8,14-15H,3-6,9-13H2,1-2H3/t14-,15+/m0/s1. The summed E-state index contributed by atoms with van der Waals surface area (Å²) in [5.74, 6) is 1.29. The molecule has 2 aliphatic heterocycles. The molecule has 0 spiro atoms. The van der Waals surface area contributed by atoms with E-state index in [1.807, 2.05) is 11.1 Å². The van der Waals surface area contributed by atoms with Crippen LogP contribution in [0.15, 0.2) is 12.4 Å². The lowest BCUT2D eigenvalue weighted by Crippen LogP contribution is -2.60. The van der Waals surface area contributed by atoms with Crippen LogP contribution in [0.1, 0.15) is 38.9 Å². The molecule has 3 rings (SSSR count). The number of fused-ring (bicyclic) bond motifs is 1. The Morgan fingerprint density at radius 3 is 2.72 bits per heavy atom. The van der Waals surface area contributed by atoms with E-state index in [4.69, 9.17) is 0 Å². The number of imidazole rings is 1. The number of nitrogens with zero attached hydrogens (tertiary/aromatic N) is 4. The summed E-state index contributed by atoms with van der Waals surface area (Å²) in [6.45, 7) is 6.91. The second kappa shape index (κ2) is 7.45. The molecule has 2 atom stereocenters. The summed E-state index contributed by atoms with van der Waals surface area (Å²) in [4.78, 5) is 21.0. The molecule has 0 saturated carbocycles. The Balaban J connectivity index is 1.77. The van der Waals surface area contributed by atoms with Gasteiger partial charge in [-0.25, -0.2) is 13.4 Å². The lowest BCUT2D eigenvalue weighted by atomic mass is 10.0. The fraction of sp³-hybridized carbons (Fsp3) is 0.765. The number of hydrogen-bond acceptors (Lipinski definition) is 5. The van der Waals surface area contributed by atoms with Crippen LogP contribution in [0.25, 0.3) is 0 Å². The summed E-state index contributed by atoms with van der Waals surface area (Å²) in [5, 5.41) is 0. The van der Waals surface area contributed by atoms with Gasteiger partial charge in [-0.05, 0) is 13.3 Å². The Bertz CT molecular complexity index is 715. The molecule has 0 radical (unpaired) electrons. The summed E-state index contributed by atoms with van der Waals surface area (Å²) in [7, 11) is -3.11. The van der Waals surface area contributed by atoms with Gasteiger partial charge in [-0.1, -0.05) is 13.3 Å². The molecular weight excluding hydrogens is 340 g/mol. The molecule has 2 saturated heterocycles. The largest absolute Gasteiger partial charge is 0.336 e. The molecule has 1 aromatic heterocycles. The minimum atomic E-state index is -3.11. The minimum absolute atomic E-state index is 0.0915. The molecule has 8 heteroatoms. The molecule has 0 unspecified atom stereocenters. The van der Waals surface area contributed by atoms with Gasteiger partial charge in [0, 0.05) is 44.5 Å². The maximum atomic E-state index is 12.5. The van der Waals surface area contributed by atoms with E-state index in [2.05, 4.69) is 28.3 Å². The van der Waals surface area contributed by atoms with Gasteiger partial charge < -0.3 is 9.47 Å². The van der Waals surface area contributed by atoms with Crippen LogP contribution in [0.5, 0.6) is 0 Å². The Morgan fingerprint density at radius 2 is 2.00 bits per heavy atom. The maximum Gasteiger partial charge on any atom is 0.222 e. The third kappa shape index (κ3) is 3.89. The van der Waals surface area contributed by atoms with E-state index in [0.29, 0.717) is 26.1 Å². The number of hydrogen-bond donors (Lipinski definition) is 0. The summed E-state index contributed by atoms with van der Waals surface area (Å²) in [6.07, 6.45) is 6.07. The van der Waals surface area contributed by atoms with Crippen molar-refractivity contribution < 1.29 is 13.2 Å². The SMILES string of the molecule is CCCCC(=O)N1CCN(Cc2nccn2CC)[C@H]2CS(=O)(=O)C[C@H]21. The van der Waals surface area contributed by atoms with Crippen LogP contribution in [-0.4, -0.2) is 70.4 Å². The fourth-order valence-electron chi connectivity index (χ4n) is 3.96. The van der Waals surface area contributed by atoms with Gasteiger partial charge in [-0.15, -0.1) is 0 Å². The second-order valence-electron chi connectivity index (χ2n) is 7.00. The van der Waals surface area contributed by atoms with Crippen molar-refractivity contribution in [2.45, 2.75) is 58.3 Å². The van der Waals surface area contributed by atoms with Gasteiger partial charge in [0.05, 0.1) is 24.1 Å². The van der Waals surface area contributed by atoms with Crippen LogP contribution in [0, 0.1) is 0 Å². The van der Waals surface area contributed by atoms with Gasteiger partial charge >= 0.3 is 0 Å². The van der Waals surface area contributed by atoms with Crippen LogP contribution < -0.4 is 0 Å². The number of piperazine rings is 1. The first-order valence-electron chi connectivity index (χ1n) is 9.19. The van der Waals surface area contributed by atoms with Gasteiger partial charge in [0.2, 0.25) is 5.91 Å². The van der Waals surface area contributed by atoms with Gasteiger partial charge in [0.25, 0.3) is 0 Å².